The summed E-state index contributed by atoms with van der Waals surface area (Å²) in [4.78, 5) is 10.7. The minimum atomic E-state index is -0.749. The number of hydrogen-bond donors (Lipinski definition) is 2. The molecule has 0 aliphatic heterocycles. The van der Waals surface area contributed by atoms with Crippen molar-refractivity contribution in [1.82, 2.24) is 0 Å². The van der Waals surface area contributed by atoms with E-state index in [2.05, 4.69) is 5.32 Å². The van der Waals surface area contributed by atoms with Crippen LogP contribution >= 0.6 is 0 Å². The number of rotatable bonds is 3. The maximum Gasteiger partial charge on any atom is 0.251 e. The molecule has 0 radical (unpaired) electrons. The lowest BCUT2D eigenvalue weighted by molar-refractivity contribution is 0.0996. The fourth-order valence-electron chi connectivity index (χ4n) is 1.03. The van der Waals surface area contributed by atoms with Crippen molar-refractivity contribution in [1.29, 1.82) is 0 Å². The highest BCUT2D eigenvalue weighted by atomic mass is 19.1. The number of primary amides is 1. The number of nitrogens with two attached hydrogens (primary N) is 1. The molecule has 70 valence electrons. The van der Waals surface area contributed by atoms with Crippen LogP contribution < -0.4 is 11.1 Å². The van der Waals surface area contributed by atoms with Crippen LogP contribution in [0.3, 0.4) is 0 Å². The van der Waals surface area contributed by atoms with Crippen molar-refractivity contribution in [2.75, 3.05) is 11.9 Å². The number of carbonyl (C=O) groups excluding carboxylic acids is 1. The van der Waals surface area contributed by atoms with Crippen molar-refractivity contribution in [3.8, 4) is 0 Å². The molecule has 0 aromatic heterocycles. The van der Waals surface area contributed by atoms with Gasteiger partial charge in [0.25, 0.3) is 5.91 Å². The van der Waals surface area contributed by atoms with Gasteiger partial charge in [-0.1, -0.05) is 0 Å². The largest absolute Gasteiger partial charge is 0.385 e. The maximum absolute atomic E-state index is 13.1. The Balaban J connectivity index is 2.98. The first kappa shape index (κ1) is 9.51. The van der Waals surface area contributed by atoms with E-state index >= 15 is 0 Å². The Morgan fingerprint density at radius 2 is 2.31 bits per heavy atom. The summed E-state index contributed by atoms with van der Waals surface area (Å²) in [6.07, 6.45) is 0. The van der Waals surface area contributed by atoms with E-state index < -0.39 is 11.7 Å². The quantitative estimate of drug-likeness (QED) is 0.741. The monoisotopic (exact) mass is 182 g/mol. The fraction of sp³-hybridized carbons (Fsp3) is 0.222. The van der Waals surface area contributed by atoms with Crippen LogP contribution in [0.25, 0.3) is 0 Å². The molecular formula is C9H11FN2O. The lowest BCUT2D eigenvalue weighted by atomic mass is 10.2. The van der Waals surface area contributed by atoms with E-state index in [1.807, 2.05) is 6.92 Å². The highest BCUT2D eigenvalue weighted by Gasteiger charge is 2.07. The zero-order valence-electron chi connectivity index (χ0n) is 7.30. The van der Waals surface area contributed by atoms with Crippen LogP contribution in [0, 0.1) is 5.82 Å². The van der Waals surface area contributed by atoms with Gasteiger partial charge in [0, 0.05) is 12.2 Å². The number of nitrogens with one attached hydrogen (secondary N) is 1. The second kappa shape index (κ2) is 3.89. The van der Waals surface area contributed by atoms with E-state index in [-0.39, 0.29) is 5.56 Å². The van der Waals surface area contributed by atoms with Gasteiger partial charge in [0.1, 0.15) is 5.82 Å². The molecule has 1 rings (SSSR count). The molecule has 0 atom stereocenters. The Morgan fingerprint density at radius 1 is 1.62 bits per heavy atom. The van der Waals surface area contributed by atoms with Crippen LogP contribution in [0.4, 0.5) is 10.1 Å². The molecule has 1 aromatic rings. The van der Waals surface area contributed by atoms with E-state index in [9.17, 15) is 9.18 Å². The highest BCUT2D eigenvalue weighted by molar-refractivity contribution is 5.93. The van der Waals surface area contributed by atoms with Crippen molar-refractivity contribution < 1.29 is 9.18 Å². The zero-order chi connectivity index (χ0) is 9.84. The third-order valence-corrected chi connectivity index (χ3v) is 1.62. The molecule has 3 nitrogen and oxygen atoms in total. The van der Waals surface area contributed by atoms with Crippen LogP contribution in [0.15, 0.2) is 18.2 Å². The third-order valence-electron chi connectivity index (χ3n) is 1.62. The molecule has 0 saturated heterocycles. The van der Waals surface area contributed by atoms with Crippen molar-refractivity contribution in [3.63, 3.8) is 0 Å². The lowest BCUT2D eigenvalue weighted by Gasteiger charge is -2.04. The first-order valence-electron chi connectivity index (χ1n) is 3.98. The summed E-state index contributed by atoms with van der Waals surface area (Å²) in [7, 11) is 0. The molecule has 1 amide bonds. The third kappa shape index (κ3) is 2.18. The SMILES string of the molecule is CCNc1ccc(C(N)=O)c(F)c1. The second-order valence-corrected chi connectivity index (χ2v) is 2.59. The molecule has 0 bridgehead atoms. The second-order valence-electron chi connectivity index (χ2n) is 2.59. The van der Waals surface area contributed by atoms with Gasteiger partial charge in [0.05, 0.1) is 5.56 Å². The van der Waals surface area contributed by atoms with Gasteiger partial charge in [0.2, 0.25) is 0 Å². The smallest absolute Gasteiger partial charge is 0.251 e. The summed E-state index contributed by atoms with van der Waals surface area (Å²) in [6, 6.07) is 4.24. The number of benzene rings is 1. The summed E-state index contributed by atoms with van der Waals surface area (Å²) in [5.74, 6) is -1.34. The topological polar surface area (TPSA) is 55.1 Å². The summed E-state index contributed by atoms with van der Waals surface area (Å²) in [5.41, 5.74) is 5.50. The van der Waals surface area contributed by atoms with Crippen molar-refractivity contribution in [3.05, 3.63) is 29.6 Å². The van der Waals surface area contributed by atoms with E-state index in [0.717, 1.165) is 0 Å². The minimum absolute atomic E-state index is 0.0818. The van der Waals surface area contributed by atoms with Gasteiger partial charge < -0.3 is 11.1 Å². The fourth-order valence-corrected chi connectivity index (χ4v) is 1.03. The first-order chi connectivity index (χ1) is 6.15. The number of anilines is 1. The molecule has 1 aromatic carbocycles. The molecular weight excluding hydrogens is 171 g/mol. The first-order valence-corrected chi connectivity index (χ1v) is 3.98. The molecule has 0 spiro atoms. The Bertz CT molecular complexity index is 325. The number of carbonyl (C=O) groups is 1. The van der Waals surface area contributed by atoms with Gasteiger partial charge in [-0.15, -0.1) is 0 Å². The van der Waals surface area contributed by atoms with Crippen molar-refractivity contribution in [2.24, 2.45) is 5.73 Å². The summed E-state index contributed by atoms with van der Waals surface area (Å²) in [5, 5.41) is 2.92. The molecule has 0 heterocycles. The van der Waals surface area contributed by atoms with Crippen LogP contribution in [-0.4, -0.2) is 12.5 Å². The molecule has 0 saturated carbocycles. The van der Waals surface area contributed by atoms with E-state index in [1.165, 1.54) is 12.1 Å². The maximum atomic E-state index is 13.1. The van der Waals surface area contributed by atoms with Crippen LogP contribution in [0.2, 0.25) is 0 Å². The highest BCUT2D eigenvalue weighted by Crippen LogP contribution is 2.13. The molecule has 0 aliphatic rings. The van der Waals surface area contributed by atoms with E-state index in [1.54, 1.807) is 6.07 Å². The normalized spacial score (nSPS) is 9.69. The summed E-state index contributed by atoms with van der Waals surface area (Å²) in [6.45, 7) is 2.61. The van der Waals surface area contributed by atoms with Crippen molar-refractivity contribution >= 4 is 11.6 Å². The molecule has 0 unspecified atom stereocenters. The predicted molar refractivity (Wildman–Crippen MR) is 49.1 cm³/mol. The van der Waals surface area contributed by atoms with Gasteiger partial charge in [0.15, 0.2) is 0 Å². The molecule has 0 fully saturated rings. The lowest BCUT2D eigenvalue weighted by Crippen LogP contribution is -2.13. The molecule has 4 heteroatoms. The Kier molecular flexibility index (Phi) is 2.84. The summed E-state index contributed by atoms with van der Waals surface area (Å²) < 4.78 is 13.1. The number of amides is 1. The van der Waals surface area contributed by atoms with Crippen LogP contribution in [-0.2, 0) is 0 Å². The molecule has 0 aliphatic carbocycles. The number of hydrogen-bond acceptors (Lipinski definition) is 2. The molecule has 13 heavy (non-hydrogen) atoms. The van der Waals surface area contributed by atoms with Gasteiger partial charge in [-0.25, -0.2) is 4.39 Å². The van der Waals surface area contributed by atoms with Crippen LogP contribution in [0.5, 0.6) is 0 Å². The van der Waals surface area contributed by atoms with Gasteiger partial charge in [-0.2, -0.15) is 0 Å². The summed E-state index contributed by atoms with van der Waals surface area (Å²) >= 11 is 0. The zero-order valence-corrected chi connectivity index (χ0v) is 7.30. The Labute approximate surface area is 75.7 Å². The van der Waals surface area contributed by atoms with E-state index in [0.29, 0.717) is 12.2 Å². The molecule has 3 N–H and O–H groups in total. The standard InChI is InChI=1S/C9H11FN2O/c1-2-12-6-3-4-7(9(11)13)8(10)5-6/h3-5,12H,2H2,1H3,(H2,11,13). The van der Waals surface area contributed by atoms with Gasteiger partial charge in [-0.3, -0.25) is 4.79 Å². The Morgan fingerprint density at radius 3 is 2.77 bits per heavy atom. The van der Waals surface area contributed by atoms with Crippen LogP contribution in [0.1, 0.15) is 17.3 Å². The average molecular weight is 182 g/mol. The minimum Gasteiger partial charge on any atom is -0.385 e. The van der Waals surface area contributed by atoms with E-state index in [4.69, 9.17) is 5.73 Å². The van der Waals surface area contributed by atoms with Gasteiger partial charge >= 0.3 is 0 Å². The predicted octanol–water partition coefficient (Wildman–Crippen LogP) is 1.36. The van der Waals surface area contributed by atoms with Gasteiger partial charge in [-0.05, 0) is 25.1 Å². The van der Waals surface area contributed by atoms with Crippen molar-refractivity contribution in [2.45, 2.75) is 6.92 Å². The number of halogens is 1. The Hall–Kier alpha value is -1.58. The average Bonchev–Trinajstić information content (AvgIpc) is 2.04.